The fourth-order valence-corrected chi connectivity index (χ4v) is 2.64. The Morgan fingerprint density at radius 3 is 2.17 bits per heavy atom. The van der Waals surface area contributed by atoms with Gasteiger partial charge in [0.2, 0.25) is 0 Å². The van der Waals surface area contributed by atoms with Crippen molar-refractivity contribution in [3.05, 3.63) is 29.3 Å². The molecule has 3 nitrogen and oxygen atoms in total. The zero-order valence-corrected chi connectivity index (χ0v) is 10.0. The first-order chi connectivity index (χ1) is 8.51. The van der Waals surface area contributed by atoms with E-state index in [0.29, 0.717) is 12.8 Å². The molecule has 18 heavy (non-hydrogen) atoms. The predicted octanol–water partition coefficient (Wildman–Crippen LogP) is 2.87. The second kappa shape index (κ2) is 4.55. The number of carboxylic acids is 1. The van der Waals surface area contributed by atoms with Gasteiger partial charge in [0.25, 0.3) is 0 Å². The monoisotopic (exact) mass is 256 g/mol. The molecule has 0 spiro atoms. The van der Waals surface area contributed by atoms with E-state index in [4.69, 9.17) is 0 Å². The Balaban J connectivity index is 2.53. The molecule has 1 fully saturated rings. The maximum absolute atomic E-state index is 13.6. The number of carboxylic acid groups (broad SMARTS) is 1. The van der Waals surface area contributed by atoms with Crippen LogP contribution in [0.1, 0.15) is 31.2 Å². The molecule has 0 atom stereocenters. The van der Waals surface area contributed by atoms with Crippen molar-refractivity contribution in [2.24, 2.45) is 0 Å². The van der Waals surface area contributed by atoms with Crippen molar-refractivity contribution in [3.63, 3.8) is 0 Å². The molecule has 5 heteroatoms. The van der Waals surface area contributed by atoms with Crippen molar-refractivity contribution in [2.75, 3.05) is 7.11 Å². The van der Waals surface area contributed by atoms with Gasteiger partial charge in [-0.25, -0.2) is 8.78 Å². The van der Waals surface area contributed by atoms with Gasteiger partial charge >= 0.3 is 5.97 Å². The number of hydrogen-bond acceptors (Lipinski definition) is 2. The van der Waals surface area contributed by atoms with Crippen LogP contribution in [-0.2, 0) is 10.2 Å². The lowest BCUT2D eigenvalue weighted by atomic mass is 9.79. The van der Waals surface area contributed by atoms with Crippen molar-refractivity contribution < 1.29 is 23.4 Å². The number of carbonyl (C=O) groups is 1. The second-order valence-corrected chi connectivity index (χ2v) is 4.57. The summed E-state index contributed by atoms with van der Waals surface area (Å²) in [7, 11) is 1.17. The predicted molar refractivity (Wildman–Crippen MR) is 60.7 cm³/mol. The van der Waals surface area contributed by atoms with Crippen LogP contribution in [-0.4, -0.2) is 18.2 Å². The smallest absolute Gasteiger partial charge is 0.314 e. The summed E-state index contributed by atoms with van der Waals surface area (Å²) >= 11 is 0. The Hall–Kier alpha value is -1.65. The quantitative estimate of drug-likeness (QED) is 0.904. The van der Waals surface area contributed by atoms with Crippen LogP contribution in [0.2, 0.25) is 0 Å². The Bertz CT molecular complexity index is 456. The summed E-state index contributed by atoms with van der Waals surface area (Å²) < 4.78 is 31.9. The van der Waals surface area contributed by atoms with Gasteiger partial charge < -0.3 is 9.84 Å². The molecule has 0 aliphatic heterocycles. The van der Waals surface area contributed by atoms with E-state index in [2.05, 4.69) is 4.74 Å². The highest BCUT2D eigenvalue weighted by Crippen LogP contribution is 2.42. The van der Waals surface area contributed by atoms with Gasteiger partial charge in [-0.2, -0.15) is 0 Å². The average Bonchev–Trinajstić information content (AvgIpc) is 2.78. The zero-order valence-electron chi connectivity index (χ0n) is 10.0. The molecule has 1 aromatic rings. The van der Waals surface area contributed by atoms with Crippen LogP contribution in [0.4, 0.5) is 8.78 Å². The van der Waals surface area contributed by atoms with E-state index in [9.17, 15) is 18.7 Å². The van der Waals surface area contributed by atoms with Crippen molar-refractivity contribution in [3.8, 4) is 5.75 Å². The highest BCUT2D eigenvalue weighted by atomic mass is 19.1. The maximum Gasteiger partial charge on any atom is 0.314 e. The summed E-state index contributed by atoms with van der Waals surface area (Å²) in [5.41, 5.74) is -0.975. The third kappa shape index (κ3) is 1.83. The van der Waals surface area contributed by atoms with Crippen LogP contribution in [0.5, 0.6) is 5.75 Å². The van der Waals surface area contributed by atoms with E-state index in [1.165, 1.54) is 7.11 Å². The molecule has 1 aliphatic carbocycles. The molecule has 98 valence electrons. The Morgan fingerprint density at radius 2 is 1.78 bits per heavy atom. The fraction of sp³-hybridized carbons (Fsp3) is 0.462. The number of halogens is 2. The molecule has 1 N–H and O–H groups in total. The van der Waals surface area contributed by atoms with Crippen molar-refractivity contribution in [1.29, 1.82) is 0 Å². The van der Waals surface area contributed by atoms with Crippen LogP contribution in [0.3, 0.4) is 0 Å². The highest BCUT2D eigenvalue weighted by molar-refractivity contribution is 5.81. The van der Waals surface area contributed by atoms with Crippen LogP contribution in [0.25, 0.3) is 0 Å². The van der Waals surface area contributed by atoms with Gasteiger partial charge in [-0.3, -0.25) is 4.79 Å². The summed E-state index contributed by atoms with van der Waals surface area (Å²) in [6, 6.07) is 2.14. The number of aliphatic carboxylic acids is 1. The minimum atomic E-state index is -1.16. The molecule has 1 saturated carbocycles. The van der Waals surface area contributed by atoms with Crippen molar-refractivity contribution >= 4 is 5.97 Å². The van der Waals surface area contributed by atoms with E-state index >= 15 is 0 Å². The van der Waals surface area contributed by atoms with E-state index in [0.717, 1.165) is 25.0 Å². The van der Waals surface area contributed by atoms with E-state index in [1.807, 2.05) is 0 Å². The molecule has 0 heterocycles. The first kappa shape index (κ1) is 12.8. The first-order valence-corrected chi connectivity index (χ1v) is 5.78. The topological polar surface area (TPSA) is 46.5 Å². The number of rotatable bonds is 3. The van der Waals surface area contributed by atoms with Crippen LogP contribution in [0.15, 0.2) is 12.1 Å². The Kier molecular flexibility index (Phi) is 3.24. The standard InChI is InChI=1S/C13H14F2O3/c1-18-11-9(14)6-8(7-10(11)15)13(12(16)17)4-2-3-5-13/h6-7H,2-5H2,1H3,(H,16,17). The van der Waals surface area contributed by atoms with E-state index in [1.54, 1.807) is 0 Å². The minimum absolute atomic E-state index is 0.184. The molecule has 2 rings (SSSR count). The molecule has 0 radical (unpaired) electrons. The van der Waals surface area contributed by atoms with Gasteiger partial charge in [0.15, 0.2) is 17.4 Å². The number of methoxy groups -OCH3 is 1. The molecular weight excluding hydrogens is 242 g/mol. The van der Waals surface area contributed by atoms with Crippen LogP contribution >= 0.6 is 0 Å². The third-order valence-electron chi connectivity index (χ3n) is 3.62. The molecule has 0 saturated heterocycles. The number of benzene rings is 1. The lowest BCUT2D eigenvalue weighted by molar-refractivity contribution is -0.143. The molecule has 0 bridgehead atoms. The number of hydrogen-bond donors (Lipinski definition) is 1. The minimum Gasteiger partial charge on any atom is -0.491 e. The fourth-order valence-electron chi connectivity index (χ4n) is 2.64. The van der Waals surface area contributed by atoms with Gasteiger partial charge in [-0.1, -0.05) is 12.8 Å². The molecule has 1 aliphatic rings. The van der Waals surface area contributed by atoms with Crippen molar-refractivity contribution in [1.82, 2.24) is 0 Å². The average molecular weight is 256 g/mol. The van der Waals surface area contributed by atoms with Gasteiger partial charge in [0, 0.05) is 0 Å². The summed E-state index contributed by atoms with van der Waals surface area (Å²) in [5, 5.41) is 9.35. The number of ether oxygens (including phenoxy) is 1. The zero-order chi connectivity index (χ0) is 13.3. The van der Waals surface area contributed by atoms with Gasteiger partial charge in [-0.15, -0.1) is 0 Å². The molecular formula is C13H14F2O3. The van der Waals surface area contributed by atoms with Crippen LogP contribution < -0.4 is 4.74 Å². The van der Waals surface area contributed by atoms with Crippen molar-refractivity contribution in [2.45, 2.75) is 31.1 Å². The maximum atomic E-state index is 13.6. The van der Waals surface area contributed by atoms with Gasteiger partial charge in [-0.05, 0) is 30.5 Å². The largest absolute Gasteiger partial charge is 0.491 e. The highest BCUT2D eigenvalue weighted by Gasteiger charge is 2.43. The SMILES string of the molecule is COc1c(F)cc(C2(C(=O)O)CCCC2)cc1F. The third-order valence-corrected chi connectivity index (χ3v) is 3.62. The lowest BCUT2D eigenvalue weighted by Crippen LogP contribution is -2.32. The molecule has 0 aromatic heterocycles. The Labute approximate surface area is 103 Å². The second-order valence-electron chi connectivity index (χ2n) is 4.57. The summed E-state index contributed by atoms with van der Waals surface area (Å²) in [4.78, 5) is 11.4. The Morgan fingerprint density at radius 1 is 1.28 bits per heavy atom. The van der Waals surface area contributed by atoms with Crippen LogP contribution in [0, 0.1) is 11.6 Å². The molecule has 0 unspecified atom stereocenters. The molecule has 0 amide bonds. The summed E-state index contributed by atoms with van der Waals surface area (Å²) in [5.74, 6) is -3.22. The lowest BCUT2D eigenvalue weighted by Gasteiger charge is -2.24. The van der Waals surface area contributed by atoms with Gasteiger partial charge in [0.1, 0.15) is 0 Å². The van der Waals surface area contributed by atoms with E-state index in [-0.39, 0.29) is 5.56 Å². The van der Waals surface area contributed by atoms with Gasteiger partial charge in [0.05, 0.1) is 12.5 Å². The summed E-state index contributed by atoms with van der Waals surface area (Å²) in [6.45, 7) is 0. The summed E-state index contributed by atoms with van der Waals surface area (Å²) in [6.07, 6.45) is 2.32. The van der Waals surface area contributed by atoms with E-state index < -0.39 is 28.8 Å². The first-order valence-electron chi connectivity index (χ1n) is 5.78. The molecule has 1 aromatic carbocycles. The normalized spacial score (nSPS) is 17.7.